The Kier molecular flexibility index (Phi) is 7.09. The van der Waals surface area contributed by atoms with E-state index in [1.807, 2.05) is 29.0 Å². The Morgan fingerprint density at radius 2 is 1.88 bits per heavy atom. The number of amides is 1. The number of carbonyl (C=O) groups excluding carboxylic acids is 1. The Balaban J connectivity index is 1.33. The zero-order valence-electron chi connectivity index (χ0n) is 18.2. The predicted molar refractivity (Wildman–Crippen MR) is 127 cm³/mol. The van der Waals surface area contributed by atoms with Gasteiger partial charge in [-0.3, -0.25) is 4.79 Å². The van der Waals surface area contributed by atoms with Crippen LogP contribution in [0.25, 0.3) is 22.5 Å². The molecule has 0 saturated heterocycles. The number of aryl methyl sites for hydroxylation is 1. The average Bonchev–Trinajstić information content (AvgIpc) is 3.49. The third-order valence-corrected chi connectivity index (χ3v) is 5.75. The lowest BCUT2D eigenvalue weighted by Gasteiger charge is -2.13. The lowest BCUT2D eigenvalue weighted by atomic mass is 9.98. The molecule has 7 heteroatoms. The molecule has 0 bridgehead atoms. The van der Waals surface area contributed by atoms with Crippen molar-refractivity contribution in [3.05, 3.63) is 82.4 Å². The second-order valence-corrected chi connectivity index (χ2v) is 8.67. The van der Waals surface area contributed by atoms with Crippen LogP contribution in [0.5, 0.6) is 0 Å². The molecule has 0 fully saturated rings. The fourth-order valence-corrected chi connectivity index (χ4v) is 4.11. The summed E-state index contributed by atoms with van der Waals surface area (Å²) in [5.41, 5.74) is 5.55. The van der Waals surface area contributed by atoms with Gasteiger partial charge in [0, 0.05) is 36.9 Å². The summed E-state index contributed by atoms with van der Waals surface area (Å²) in [6, 6.07) is 18.7. The van der Waals surface area contributed by atoms with Crippen LogP contribution in [0.2, 0.25) is 0 Å². The van der Waals surface area contributed by atoms with Crippen molar-refractivity contribution in [2.75, 3.05) is 14.1 Å². The van der Waals surface area contributed by atoms with Gasteiger partial charge in [-0.1, -0.05) is 53.7 Å². The van der Waals surface area contributed by atoms with Crippen LogP contribution in [-0.4, -0.2) is 35.0 Å². The minimum atomic E-state index is -0.0450. The number of aromatic nitrogens is 2. The van der Waals surface area contributed by atoms with Crippen LogP contribution in [0.4, 0.5) is 0 Å². The number of benzene rings is 2. The number of hydrogen-bond donors (Lipinski definition) is 1. The van der Waals surface area contributed by atoms with Gasteiger partial charge >= 0.3 is 0 Å². The zero-order valence-corrected chi connectivity index (χ0v) is 19.1. The molecule has 1 amide bonds. The van der Waals surface area contributed by atoms with Crippen molar-refractivity contribution in [1.29, 1.82) is 0 Å². The summed E-state index contributed by atoms with van der Waals surface area (Å²) in [5, 5.41) is 10.9. The first-order chi connectivity index (χ1) is 15.6. The van der Waals surface area contributed by atoms with Gasteiger partial charge in [-0.25, -0.2) is 0 Å². The van der Waals surface area contributed by atoms with Crippen LogP contribution in [0, 0.1) is 0 Å². The van der Waals surface area contributed by atoms with Crippen molar-refractivity contribution in [2.45, 2.75) is 25.9 Å². The minimum Gasteiger partial charge on any atom is -0.352 e. The second-order valence-electron chi connectivity index (χ2n) is 7.89. The molecule has 4 rings (SSSR count). The summed E-state index contributed by atoms with van der Waals surface area (Å²) in [4.78, 5) is 18.9. The van der Waals surface area contributed by atoms with E-state index in [1.54, 1.807) is 11.3 Å². The highest BCUT2D eigenvalue weighted by atomic mass is 32.1. The highest BCUT2D eigenvalue weighted by molar-refractivity contribution is 7.08. The van der Waals surface area contributed by atoms with E-state index in [9.17, 15) is 4.79 Å². The van der Waals surface area contributed by atoms with Gasteiger partial charge in [0.1, 0.15) is 0 Å². The summed E-state index contributed by atoms with van der Waals surface area (Å²) < 4.78 is 5.27. The van der Waals surface area contributed by atoms with Crippen LogP contribution in [0.3, 0.4) is 0 Å². The molecule has 2 heterocycles. The fourth-order valence-electron chi connectivity index (χ4n) is 3.48. The van der Waals surface area contributed by atoms with Gasteiger partial charge in [0.25, 0.3) is 0 Å². The third kappa shape index (κ3) is 5.69. The first-order valence-electron chi connectivity index (χ1n) is 10.5. The van der Waals surface area contributed by atoms with Crippen molar-refractivity contribution in [3.63, 3.8) is 0 Å². The number of rotatable bonds is 9. The molecule has 2 aromatic carbocycles. The molecule has 1 N–H and O–H groups in total. The van der Waals surface area contributed by atoms with Crippen molar-refractivity contribution in [2.24, 2.45) is 0 Å². The number of nitrogens with zero attached hydrogens (tertiary/aromatic N) is 3. The first-order valence-corrected chi connectivity index (χ1v) is 11.5. The van der Waals surface area contributed by atoms with Crippen molar-refractivity contribution in [3.8, 4) is 22.5 Å². The van der Waals surface area contributed by atoms with E-state index in [-0.39, 0.29) is 5.91 Å². The molecule has 0 spiro atoms. The van der Waals surface area contributed by atoms with E-state index in [0.717, 1.165) is 28.8 Å². The van der Waals surface area contributed by atoms with Crippen molar-refractivity contribution < 1.29 is 9.32 Å². The monoisotopic (exact) mass is 446 g/mol. The van der Waals surface area contributed by atoms with Gasteiger partial charge in [0.2, 0.25) is 17.6 Å². The third-order valence-electron chi connectivity index (χ3n) is 5.07. The van der Waals surface area contributed by atoms with E-state index in [4.69, 9.17) is 4.52 Å². The Bertz CT molecular complexity index is 1150. The van der Waals surface area contributed by atoms with Gasteiger partial charge in [0.15, 0.2) is 0 Å². The van der Waals surface area contributed by atoms with Crippen molar-refractivity contribution in [1.82, 2.24) is 20.4 Å². The fraction of sp³-hybridized carbons (Fsp3) is 0.240. The minimum absolute atomic E-state index is 0.0450. The molecule has 0 unspecified atom stereocenters. The van der Waals surface area contributed by atoms with Gasteiger partial charge in [-0.2, -0.15) is 16.3 Å². The van der Waals surface area contributed by atoms with Gasteiger partial charge < -0.3 is 14.7 Å². The highest BCUT2D eigenvalue weighted by Gasteiger charge is 2.12. The lowest BCUT2D eigenvalue weighted by Crippen LogP contribution is -2.23. The number of hydrogen-bond acceptors (Lipinski definition) is 6. The van der Waals surface area contributed by atoms with Gasteiger partial charge in [-0.15, -0.1) is 0 Å². The normalized spacial score (nSPS) is 11.1. The summed E-state index contributed by atoms with van der Waals surface area (Å²) in [6.07, 6.45) is 0.713. The average molecular weight is 447 g/mol. The Morgan fingerprint density at radius 3 is 2.62 bits per heavy atom. The molecular formula is C25H26N4O2S. The lowest BCUT2D eigenvalue weighted by molar-refractivity contribution is -0.121. The molecule has 0 aliphatic carbocycles. The first kappa shape index (κ1) is 21.9. The number of carbonyl (C=O) groups is 1. The summed E-state index contributed by atoms with van der Waals surface area (Å²) >= 11 is 1.58. The smallest absolute Gasteiger partial charge is 0.227 e. The van der Waals surface area contributed by atoms with Gasteiger partial charge in [-0.05, 0) is 47.8 Å². The predicted octanol–water partition coefficient (Wildman–Crippen LogP) is 4.78. The maximum Gasteiger partial charge on any atom is 0.227 e. The van der Waals surface area contributed by atoms with E-state index in [2.05, 4.69) is 70.9 Å². The number of nitrogens with one attached hydrogen (secondary N) is 1. The van der Waals surface area contributed by atoms with Crippen LogP contribution in [0.1, 0.15) is 23.4 Å². The zero-order chi connectivity index (χ0) is 22.3. The van der Waals surface area contributed by atoms with Crippen LogP contribution in [-0.2, 0) is 24.3 Å². The van der Waals surface area contributed by atoms with E-state index in [0.29, 0.717) is 31.1 Å². The molecular weight excluding hydrogens is 420 g/mol. The molecule has 164 valence electrons. The molecule has 2 aromatic heterocycles. The van der Waals surface area contributed by atoms with Crippen LogP contribution >= 0.6 is 11.3 Å². The SMILES string of the molecule is CN(C)Cc1ccc(-c2ccccc2CNC(=O)CCc2nc(-c3ccsc3)no2)cc1. The molecule has 32 heavy (non-hydrogen) atoms. The molecule has 0 radical (unpaired) electrons. The Hall–Kier alpha value is -3.29. The molecule has 4 aromatic rings. The van der Waals surface area contributed by atoms with Crippen molar-refractivity contribution >= 4 is 17.2 Å². The van der Waals surface area contributed by atoms with E-state index >= 15 is 0 Å². The van der Waals surface area contributed by atoms with Crippen LogP contribution < -0.4 is 5.32 Å². The molecule has 0 atom stereocenters. The molecule has 0 aliphatic heterocycles. The topological polar surface area (TPSA) is 71.3 Å². The maximum absolute atomic E-state index is 12.4. The molecule has 0 aliphatic rings. The van der Waals surface area contributed by atoms with Crippen LogP contribution in [0.15, 0.2) is 69.9 Å². The standard InChI is InChI=1S/C25H26N4O2S/c1-29(2)16-18-7-9-19(10-8-18)22-6-4-3-5-20(22)15-26-23(30)11-12-24-27-25(28-31-24)21-13-14-32-17-21/h3-10,13-14,17H,11-12,15-16H2,1-2H3,(H,26,30). The second kappa shape index (κ2) is 10.3. The largest absolute Gasteiger partial charge is 0.352 e. The molecule has 0 saturated carbocycles. The van der Waals surface area contributed by atoms with E-state index in [1.165, 1.54) is 5.56 Å². The number of thiophene rings is 1. The Labute approximate surface area is 191 Å². The highest BCUT2D eigenvalue weighted by Crippen LogP contribution is 2.24. The van der Waals surface area contributed by atoms with E-state index < -0.39 is 0 Å². The quantitative estimate of drug-likeness (QED) is 0.401. The Morgan fingerprint density at radius 1 is 1.06 bits per heavy atom. The summed E-state index contributed by atoms with van der Waals surface area (Å²) in [7, 11) is 4.12. The molecule has 6 nitrogen and oxygen atoms in total. The maximum atomic E-state index is 12.4. The summed E-state index contributed by atoms with van der Waals surface area (Å²) in [5.74, 6) is 0.989. The summed E-state index contributed by atoms with van der Waals surface area (Å²) in [6.45, 7) is 1.38. The van der Waals surface area contributed by atoms with Gasteiger partial charge in [0.05, 0.1) is 0 Å².